The van der Waals surface area contributed by atoms with Crippen LogP contribution in [0.2, 0.25) is 0 Å². The van der Waals surface area contributed by atoms with Crippen molar-refractivity contribution in [2.75, 3.05) is 6.61 Å². The summed E-state index contributed by atoms with van der Waals surface area (Å²) in [5.74, 6) is -6.32. The number of rotatable bonds is 4. The fraction of sp³-hybridized carbons (Fsp3) is 0.350. The number of carbonyl (C=O) groups is 1. The quantitative estimate of drug-likeness (QED) is 0.147. The Kier molecular flexibility index (Phi) is 11.3. The molecule has 0 saturated carbocycles. The van der Waals surface area contributed by atoms with Gasteiger partial charge in [0, 0.05) is 17.7 Å². The maximum Gasteiger partial charge on any atom is 1.00 e. The van der Waals surface area contributed by atoms with Crippen LogP contribution in [0.3, 0.4) is 0 Å². The van der Waals surface area contributed by atoms with Crippen LogP contribution in [0, 0.1) is 29.2 Å². The number of hydrogen-bond donors (Lipinski definition) is 0. The molecule has 1 heterocycles. The molecule has 154 valence electrons. The molecular weight excluding hydrogens is 530 g/mol. The van der Waals surface area contributed by atoms with Crippen molar-refractivity contribution in [3.05, 3.63) is 64.7 Å². The minimum atomic E-state index is -1.66. The molecule has 0 aromatic heterocycles. The van der Waals surface area contributed by atoms with Crippen molar-refractivity contribution in [2.45, 2.75) is 32.3 Å². The van der Waals surface area contributed by atoms with E-state index in [0.717, 1.165) is 18.9 Å². The molecule has 3 nitrogen and oxygen atoms in total. The Labute approximate surface area is 227 Å². The summed E-state index contributed by atoms with van der Waals surface area (Å²) < 4.78 is 64.3. The fourth-order valence-corrected chi connectivity index (χ4v) is 3.05. The van der Waals surface area contributed by atoms with Gasteiger partial charge < -0.3 is 10.9 Å². The van der Waals surface area contributed by atoms with Gasteiger partial charge in [0.25, 0.3) is 0 Å². The van der Waals surface area contributed by atoms with Gasteiger partial charge in [-0.25, -0.2) is 22.4 Å². The fourth-order valence-electron chi connectivity index (χ4n) is 3.05. The van der Waals surface area contributed by atoms with Crippen molar-refractivity contribution in [1.82, 2.24) is 0 Å². The Morgan fingerprint density at radius 2 is 1.76 bits per heavy atom. The second kappa shape index (κ2) is 12.1. The molecule has 0 amide bonds. The number of esters is 1. The third-order valence-corrected chi connectivity index (χ3v) is 4.70. The number of hydrogen-bond acceptors (Lipinski definition) is 3. The minimum absolute atomic E-state index is 0. The zero-order chi connectivity index (χ0) is 19.6. The first-order valence-electron chi connectivity index (χ1n) is 8.66. The summed E-state index contributed by atoms with van der Waals surface area (Å²) in [4.78, 5) is 12.1. The van der Waals surface area contributed by atoms with Gasteiger partial charge in [0.2, 0.25) is 0 Å². The van der Waals surface area contributed by atoms with Gasteiger partial charge in [-0.15, -0.1) is 24.0 Å². The molecule has 0 bridgehead atoms. The molecule has 1 aliphatic rings. The van der Waals surface area contributed by atoms with E-state index >= 15 is 0 Å². The molecule has 9 heteroatoms. The van der Waals surface area contributed by atoms with Gasteiger partial charge in [0.1, 0.15) is 11.6 Å². The van der Waals surface area contributed by atoms with Gasteiger partial charge >= 0.3 is 57.4 Å². The monoisotopic (exact) mass is 550 g/mol. The van der Waals surface area contributed by atoms with E-state index in [1.54, 1.807) is 0 Å². The Hall–Kier alpha value is -0.0436. The van der Waals surface area contributed by atoms with Crippen LogP contribution in [-0.2, 0) is 4.74 Å². The van der Waals surface area contributed by atoms with E-state index < -0.39 is 35.0 Å². The van der Waals surface area contributed by atoms with Gasteiger partial charge in [-0.1, -0.05) is 19.4 Å². The molecule has 2 unspecified atom stereocenters. The molecule has 2 aromatic carbocycles. The van der Waals surface area contributed by atoms with Crippen molar-refractivity contribution < 1.29 is 84.6 Å². The maximum atomic E-state index is 14.4. The van der Waals surface area contributed by atoms with Gasteiger partial charge in [-0.05, 0) is 30.9 Å². The van der Waals surface area contributed by atoms with Crippen LogP contribution in [0.15, 0.2) is 30.3 Å². The Bertz CT molecular complexity index is 841. The summed E-state index contributed by atoms with van der Waals surface area (Å²) in [7, 11) is 0. The van der Waals surface area contributed by atoms with Crippen LogP contribution in [0.25, 0.3) is 0 Å². The first kappa shape index (κ1) is 27.0. The largest absolute Gasteiger partial charge is 1.00 e. The summed E-state index contributed by atoms with van der Waals surface area (Å²) in [6.45, 7) is 2.64. The molecule has 0 radical (unpaired) electrons. The predicted octanol–water partition coefficient (Wildman–Crippen LogP) is 3.07. The Morgan fingerprint density at radius 1 is 1.10 bits per heavy atom. The molecule has 3 rings (SSSR count). The Morgan fingerprint density at radius 3 is 2.28 bits per heavy atom. The molecule has 1 aliphatic heterocycles. The van der Waals surface area contributed by atoms with Gasteiger partial charge in [-0.3, -0.25) is 0 Å². The molecule has 1 fully saturated rings. The zero-order valence-electron chi connectivity index (χ0n) is 17.0. The Balaban J connectivity index is 0.00000280. The third kappa shape index (κ3) is 6.72. The average Bonchev–Trinajstić information content (AvgIpc) is 2.66. The van der Waals surface area contributed by atoms with E-state index in [-0.39, 0.29) is 88.5 Å². The standard InChI is InChI=1S/C20H18F4O3.HI.K.H/c1-2-11-3-6-18(26-10-11)14-5-4-12(7-15(14)21)20(25)27-13-8-16(22)19(24)17(23)9-13;;;/h4-5,7-9,11,18H,2-3,6,10H2,1H3;1H;;/q;;+1;-1. The molecule has 0 spiro atoms. The van der Waals surface area contributed by atoms with Crippen LogP contribution in [0.4, 0.5) is 17.6 Å². The average molecular weight is 550 g/mol. The third-order valence-electron chi connectivity index (χ3n) is 4.70. The van der Waals surface area contributed by atoms with Crippen molar-refractivity contribution in [1.29, 1.82) is 0 Å². The topological polar surface area (TPSA) is 35.5 Å². The van der Waals surface area contributed by atoms with Crippen LogP contribution < -0.4 is 56.1 Å². The van der Waals surface area contributed by atoms with Crippen molar-refractivity contribution in [3.8, 4) is 5.75 Å². The van der Waals surface area contributed by atoms with E-state index in [9.17, 15) is 22.4 Å². The number of halogens is 5. The summed E-state index contributed by atoms with van der Waals surface area (Å²) in [6, 6.07) is 4.87. The van der Waals surface area contributed by atoms with Crippen molar-refractivity contribution in [2.24, 2.45) is 5.92 Å². The molecule has 2 atom stereocenters. The van der Waals surface area contributed by atoms with E-state index in [2.05, 4.69) is 6.92 Å². The SMILES string of the molecule is CCC1CCC(c2ccc(C(=O)Oc3cc(F)c(F)c(F)c3)cc2F)OC1.I.[H-].[K+]. The second-order valence-corrected chi connectivity index (χ2v) is 6.50. The van der Waals surface area contributed by atoms with E-state index in [0.29, 0.717) is 36.6 Å². The van der Waals surface area contributed by atoms with E-state index in [4.69, 9.17) is 9.47 Å². The summed E-state index contributed by atoms with van der Waals surface area (Å²) >= 11 is 0. The van der Waals surface area contributed by atoms with Crippen LogP contribution >= 0.6 is 24.0 Å². The van der Waals surface area contributed by atoms with Crippen molar-refractivity contribution in [3.63, 3.8) is 0 Å². The first-order valence-corrected chi connectivity index (χ1v) is 8.66. The molecule has 0 N–H and O–H groups in total. The van der Waals surface area contributed by atoms with Gasteiger partial charge in [-0.2, -0.15) is 0 Å². The second-order valence-electron chi connectivity index (χ2n) is 6.50. The van der Waals surface area contributed by atoms with Gasteiger partial charge in [0.15, 0.2) is 17.5 Å². The number of ether oxygens (including phenoxy) is 2. The molecule has 0 aliphatic carbocycles. The molecule has 29 heavy (non-hydrogen) atoms. The van der Waals surface area contributed by atoms with E-state index in [1.165, 1.54) is 12.1 Å². The van der Waals surface area contributed by atoms with E-state index in [1.807, 2.05) is 0 Å². The van der Waals surface area contributed by atoms with Gasteiger partial charge in [0.05, 0.1) is 18.3 Å². The van der Waals surface area contributed by atoms with Crippen LogP contribution in [-0.4, -0.2) is 12.6 Å². The summed E-state index contributed by atoms with van der Waals surface area (Å²) in [5.41, 5.74) is 0.212. The molecule has 2 aromatic rings. The molecule has 1 saturated heterocycles. The minimum Gasteiger partial charge on any atom is -1.00 e. The maximum absolute atomic E-state index is 14.4. The number of carbonyl (C=O) groups excluding carboxylic acids is 1. The molecular formula is C20H20F4IKO3. The van der Waals surface area contributed by atoms with Crippen LogP contribution in [0.5, 0.6) is 5.75 Å². The first-order chi connectivity index (χ1) is 12.9. The summed E-state index contributed by atoms with van der Waals surface area (Å²) in [5, 5.41) is 0. The van der Waals surface area contributed by atoms with Crippen molar-refractivity contribution >= 4 is 29.9 Å². The van der Waals surface area contributed by atoms with Crippen LogP contribution in [0.1, 0.15) is 49.6 Å². The summed E-state index contributed by atoms with van der Waals surface area (Å²) in [6.07, 6.45) is 2.25. The number of benzene rings is 2. The normalized spacial score (nSPS) is 18.4. The zero-order valence-corrected chi connectivity index (χ0v) is 21.5. The predicted molar refractivity (Wildman–Crippen MR) is 106 cm³/mol. The smallest absolute Gasteiger partial charge is 1.00 e.